The third-order valence-corrected chi connectivity index (χ3v) is 6.38. The van der Waals surface area contributed by atoms with Gasteiger partial charge >= 0.3 is 0 Å². The number of nitrogens with zero attached hydrogens (tertiary/aromatic N) is 3. The highest BCUT2D eigenvalue weighted by molar-refractivity contribution is 8.26. The van der Waals surface area contributed by atoms with E-state index in [0.29, 0.717) is 20.7 Å². The Bertz CT molecular complexity index is 1200. The highest BCUT2D eigenvalue weighted by atomic mass is 32.2. The number of methoxy groups -OCH3 is 2. The highest BCUT2D eigenvalue weighted by Crippen LogP contribution is 2.37. The van der Waals surface area contributed by atoms with E-state index < -0.39 is 0 Å². The van der Waals surface area contributed by atoms with Gasteiger partial charge in [0.15, 0.2) is 11.5 Å². The summed E-state index contributed by atoms with van der Waals surface area (Å²) in [7, 11) is 3.20. The Balaban J connectivity index is 1.84. The van der Waals surface area contributed by atoms with Crippen molar-refractivity contribution in [2.75, 3.05) is 14.2 Å². The summed E-state index contributed by atoms with van der Waals surface area (Å²) in [5.74, 6) is 1.16. The van der Waals surface area contributed by atoms with Crippen molar-refractivity contribution >= 4 is 40.3 Å². The third-order valence-electron chi connectivity index (χ3n) is 5.05. The molecule has 1 aromatic heterocycles. The van der Waals surface area contributed by atoms with Gasteiger partial charge in [0.2, 0.25) is 0 Å². The quantitative estimate of drug-likeness (QED) is 0.370. The number of amides is 1. The summed E-state index contributed by atoms with van der Waals surface area (Å²) in [6, 6.07) is 15.5. The first kappa shape index (κ1) is 22.1. The van der Waals surface area contributed by atoms with Crippen molar-refractivity contribution < 1.29 is 14.3 Å². The van der Waals surface area contributed by atoms with Gasteiger partial charge in [0.25, 0.3) is 5.91 Å². The van der Waals surface area contributed by atoms with Crippen LogP contribution in [0.4, 0.5) is 0 Å². The lowest BCUT2D eigenvalue weighted by Crippen LogP contribution is -2.34. The van der Waals surface area contributed by atoms with Crippen LogP contribution in [0, 0.1) is 0 Å². The van der Waals surface area contributed by atoms with Crippen molar-refractivity contribution in [1.29, 1.82) is 0 Å². The Hall–Kier alpha value is -3.10. The second-order valence-electron chi connectivity index (χ2n) is 7.43. The molecule has 0 unspecified atom stereocenters. The molecule has 1 aliphatic rings. The zero-order valence-corrected chi connectivity index (χ0v) is 19.9. The molecule has 1 amide bonds. The molecule has 3 aromatic rings. The Morgan fingerprint density at radius 1 is 1.06 bits per heavy atom. The van der Waals surface area contributed by atoms with Crippen molar-refractivity contribution in [3.8, 4) is 28.4 Å². The lowest BCUT2D eigenvalue weighted by molar-refractivity contribution is -0.123. The predicted molar refractivity (Wildman–Crippen MR) is 132 cm³/mol. The number of rotatable bonds is 6. The number of thiocarbonyl (C=S) groups is 1. The first-order valence-electron chi connectivity index (χ1n) is 10.1. The van der Waals surface area contributed by atoms with Crippen LogP contribution in [0.3, 0.4) is 0 Å². The van der Waals surface area contributed by atoms with E-state index in [1.165, 1.54) is 11.8 Å². The molecule has 1 fully saturated rings. The number of hydrogen-bond donors (Lipinski definition) is 0. The maximum Gasteiger partial charge on any atom is 0.266 e. The van der Waals surface area contributed by atoms with Crippen LogP contribution in [0.5, 0.6) is 11.5 Å². The summed E-state index contributed by atoms with van der Waals surface area (Å²) < 4.78 is 13.2. The summed E-state index contributed by atoms with van der Waals surface area (Å²) >= 11 is 6.75. The average Bonchev–Trinajstić information content (AvgIpc) is 3.34. The molecule has 0 N–H and O–H groups in total. The predicted octanol–water partition coefficient (Wildman–Crippen LogP) is 5.17. The fourth-order valence-electron chi connectivity index (χ4n) is 3.48. The van der Waals surface area contributed by atoms with Gasteiger partial charge in [0, 0.05) is 23.4 Å². The Labute approximate surface area is 196 Å². The van der Waals surface area contributed by atoms with Crippen molar-refractivity contribution in [3.63, 3.8) is 0 Å². The SMILES string of the molecule is COc1ccc(-c2nn(-c3ccccc3)cc2/C=C2\SC(=S)N(C(C)C)C2=O)cc1OC. The molecule has 0 spiro atoms. The number of carbonyl (C=O) groups is 1. The van der Waals surface area contributed by atoms with Crippen LogP contribution in [-0.2, 0) is 4.79 Å². The number of para-hydroxylation sites is 1. The molecule has 2 heterocycles. The van der Waals surface area contributed by atoms with Crippen LogP contribution in [0.25, 0.3) is 23.0 Å². The fraction of sp³-hybridized carbons (Fsp3) is 0.208. The monoisotopic (exact) mass is 465 g/mol. The summed E-state index contributed by atoms with van der Waals surface area (Å²) in [6.07, 6.45) is 3.78. The molecule has 0 aliphatic carbocycles. The van der Waals surface area contributed by atoms with E-state index in [4.69, 9.17) is 26.8 Å². The second kappa shape index (κ2) is 9.18. The van der Waals surface area contributed by atoms with Gasteiger partial charge in [-0.1, -0.05) is 42.2 Å². The maximum atomic E-state index is 13.0. The van der Waals surface area contributed by atoms with Crippen LogP contribution < -0.4 is 9.47 Å². The number of ether oxygens (including phenoxy) is 2. The standard InChI is InChI=1S/C24H23N3O3S2/c1-15(2)27-23(28)21(32-24(27)31)13-17-14-26(18-8-6-5-7-9-18)25-22(17)16-10-11-19(29-3)20(12-16)30-4/h5-15H,1-4H3/b21-13-. The van der Waals surface area contributed by atoms with Gasteiger partial charge in [-0.25, -0.2) is 4.68 Å². The van der Waals surface area contributed by atoms with Crippen molar-refractivity contribution in [1.82, 2.24) is 14.7 Å². The van der Waals surface area contributed by atoms with Gasteiger partial charge < -0.3 is 9.47 Å². The summed E-state index contributed by atoms with van der Waals surface area (Å²) in [6.45, 7) is 3.91. The zero-order chi connectivity index (χ0) is 22.8. The van der Waals surface area contributed by atoms with E-state index in [1.807, 2.05) is 74.7 Å². The molecule has 1 saturated heterocycles. The van der Waals surface area contributed by atoms with Crippen molar-refractivity contribution in [2.45, 2.75) is 19.9 Å². The molecule has 8 heteroatoms. The Kier molecular flexibility index (Phi) is 6.34. The number of carbonyl (C=O) groups excluding carboxylic acids is 1. The van der Waals surface area contributed by atoms with E-state index >= 15 is 0 Å². The number of aromatic nitrogens is 2. The van der Waals surface area contributed by atoms with E-state index in [1.54, 1.807) is 23.8 Å². The number of hydrogen-bond acceptors (Lipinski definition) is 6. The van der Waals surface area contributed by atoms with Crippen LogP contribution >= 0.6 is 24.0 Å². The molecule has 32 heavy (non-hydrogen) atoms. The summed E-state index contributed by atoms with van der Waals surface area (Å²) in [4.78, 5) is 15.2. The van der Waals surface area contributed by atoms with E-state index in [0.717, 1.165) is 22.5 Å². The lowest BCUT2D eigenvalue weighted by Gasteiger charge is -2.18. The van der Waals surface area contributed by atoms with Crippen LogP contribution in [0.1, 0.15) is 19.4 Å². The number of benzene rings is 2. The van der Waals surface area contributed by atoms with Gasteiger partial charge in [-0.3, -0.25) is 9.69 Å². The smallest absolute Gasteiger partial charge is 0.266 e. The lowest BCUT2D eigenvalue weighted by atomic mass is 10.1. The van der Waals surface area contributed by atoms with Gasteiger partial charge in [0.1, 0.15) is 10.0 Å². The van der Waals surface area contributed by atoms with Crippen molar-refractivity contribution in [3.05, 3.63) is 65.2 Å². The molecular weight excluding hydrogens is 442 g/mol. The van der Waals surface area contributed by atoms with Crippen LogP contribution in [0.15, 0.2) is 59.6 Å². The summed E-state index contributed by atoms with van der Waals surface area (Å²) in [5.41, 5.74) is 3.31. The molecule has 4 rings (SSSR count). The minimum Gasteiger partial charge on any atom is -0.493 e. The molecule has 0 atom stereocenters. The molecular formula is C24H23N3O3S2. The maximum absolute atomic E-state index is 13.0. The molecule has 164 valence electrons. The normalized spacial score (nSPS) is 15.2. The Morgan fingerprint density at radius 2 is 1.78 bits per heavy atom. The van der Waals surface area contributed by atoms with Crippen LogP contribution in [-0.4, -0.2) is 45.2 Å². The van der Waals surface area contributed by atoms with E-state index in [9.17, 15) is 4.79 Å². The van der Waals surface area contributed by atoms with Gasteiger partial charge in [-0.15, -0.1) is 0 Å². The molecule has 2 aromatic carbocycles. The Morgan fingerprint density at radius 3 is 2.41 bits per heavy atom. The fourth-order valence-corrected chi connectivity index (χ4v) is 4.99. The molecule has 0 bridgehead atoms. The van der Waals surface area contributed by atoms with E-state index in [-0.39, 0.29) is 11.9 Å². The molecule has 0 radical (unpaired) electrons. The average molecular weight is 466 g/mol. The molecule has 1 aliphatic heterocycles. The minimum absolute atomic E-state index is 0.00533. The highest BCUT2D eigenvalue weighted by Gasteiger charge is 2.34. The van der Waals surface area contributed by atoms with E-state index in [2.05, 4.69) is 0 Å². The number of thioether (sulfide) groups is 1. The summed E-state index contributed by atoms with van der Waals surface area (Å²) in [5, 5.41) is 4.83. The second-order valence-corrected chi connectivity index (χ2v) is 9.10. The third kappa shape index (κ3) is 4.16. The van der Waals surface area contributed by atoms with Gasteiger partial charge in [-0.05, 0) is 50.3 Å². The largest absolute Gasteiger partial charge is 0.493 e. The molecule has 6 nitrogen and oxygen atoms in total. The van der Waals surface area contributed by atoms with Crippen LogP contribution in [0.2, 0.25) is 0 Å². The zero-order valence-electron chi connectivity index (χ0n) is 18.2. The minimum atomic E-state index is -0.0827. The molecule has 0 saturated carbocycles. The van der Waals surface area contributed by atoms with Crippen molar-refractivity contribution in [2.24, 2.45) is 0 Å². The van der Waals surface area contributed by atoms with Gasteiger partial charge in [-0.2, -0.15) is 5.10 Å². The first-order valence-corrected chi connectivity index (χ1v) is 11.3. The first-order chi connectivity index (χ1) is 15.4. The van der Waals surface area contributed by atoms with Gasteiger partial charge in [0.05, 0.1) is 24.8 Å². The topological polar surface area (TPSA) is 56.6 Å².